The number of morpholine rings is 1. The quantitative estimate of drug-likeness (QED) is 0.0585. The van der Waals surface area contributed by atoms with E-state index < -0.39 is 52.8 Å². The number of nitrogens with zero attached hydrogens (tertiary/aromatic N) is 2. The fraction of sp³-hybridized carbons (Fsp3) is 0.347. The van der Waals surface area contributed by atoms with E-state index in [1.165, 1.54) is 23.9 Å². The lowest BCUT2D eigenvalue weighted by molar-refractivity contribution is -0.121. The van der Waals surface area contributed by atoms with Crippen molar-refractivity contribution in [3.8, 4) is 11.1 Å². The number of sulfonamides is 1. The van der Waals surface area contributed by atoms with Crippen molar-refractivity contribution in [3.63, 3.8) is 0 Å². The standard InChI is InChI=1S/C49H54ClF3N6O7S3.ClH/c1-54-32-46(60)56-47(43-10-6-5-9-42(43)34-11-15-37(50)16-12-34)35-21-25-59(26-22-35)39-17-13-36(14-18-39)48(61)57-69(64,65)41-19-20-44(45(31-41)68(62,63)49(51,52)53)55-38(23-24-58-27-29-66-30-28-58)33-67-40-7-3-2-4-8-40;/h2-20,31,35,38,47,54-55H,21-30,32-33H2,1H3,(H,56,60)(H,57,61);1H/t38-,47-;/m1./s1. The number of piperidine rings is 1. The average molecular weight is 1060 g/mol. The molecule has 0 bridgehead atoms. The SMILES string of the molecule is CNCC(=O)N[C@@H](c1ccccc1-c1ccc(Cl)cc1)C1CCN(c2ccc(C(=O)NS(=O)(=O)c3ccc(N[C@H](CCN4CCOCC4)CSc4ccccc4)c(S(=O)(=O)C(F)(F)F)c3)cc2)CC1.Cl. The van der Waals surface area contributed by atoms with E-state index in [2.05, 4.69) is 25.8 Å². The van der Waals surface area contributed by atoms with Gasteiger partial charge in [-0.1, -0.05) is 66.2 Å². The minimum atomic E-state index is -6.08. The number of likely N-dealkylation sites (N-methyl/N-ethyl adjacent to an activating group) is 1. The van der Waals surface area contributed by atoms with Gasteiger partial charge in [0.2, 0.25) is 5.91 Å². The summed E-state index contributed by atoms with van der Waals surface area (Å²) in [5, 5.41) is 9.77. The molecule has 0 aliphatic carbocycles. The first-order valence-electron chi connectivity index (χ1n) is 22.4. The first-order valence-corrected chi connectivity index (χ1v) is 26.8. The summed E-state index contributed by atoms with van der Waals surface area (Å²) in [5.74, 6) is -0.780. The van der Waals surface area contributed by atoms with Crippen LogP contribution in [0.3, 0.4) is 0 Å². The molecule has 0 aromatic heterocycles. The van der Waals surface area contributed by atoms with Crippen molar-refractivity contribution in [2.45, 2.75) is 51.5 Å². The van der Waals surface area contributed by atoms with Gasteiger partial charge in [0, 0.05) is 65.7 Å². The van der Waals surface area contributed by atoms with E-state index in [9.17, 15) is 39.6 Å². The molecule has 0 spiro atoms. The molecule has 2 heterocycles. The van der Waals surface area contributed by atoms with Gasteiger partial charge >= 0.3 is 5.51 Å². The van der Waals surface area contributed by atoms with Crippen LogP contribution in [0, 0.1) is 5.92 Å². The van der Waals surface area contributed by atoms with Gasteiger partial charge in [0.05, 0.1) is 36.4 Å². The van der Waals surface area contributed by atoms with E-state index in [4.69, 9.17) is 16.3 Å². The second-order valence-corrected chi connectivity index (χ2v) is 21.9. The molecule has 21 heteroatoms. The van der Waals surface area contributed by atoms with Gasteiger partial charge in [-0.15, -0.1) is 24.2 Å². The summed E-state index contributed by atoms with van der Waals surface area (Å²) in [4.78, 5) is 29.5. The number of carbonyl (C=O) groups excluding carboxylic acids is 2. The monoisotopic (exact) mass is 1060 g/mol. The Morgan fingerprint density at radius 3 is 2.16 bits per heavy atom. The van der Waals surface area contributed by atoms with Crippen molar-refractivity contribution < 1.29 is 44.3 Å². The Morgan fingerprint density at radius 2 is 1.50 bits per heavy atom. The molecule has 5 aromatic rings. The third-order valence-corrected chi connectivity index (χ3v) is 16.4. The molecule has 2 aliphatic rings. The van der Waals surface area contributed by atoms with Crippen LogP contribution >= 0.6 is 35.8 Å². The normalized spacial score (nSPS) is 15.9. The average Bonchev–Trinajstić information content (AvgIpc) is 3.34. The fourth-order valence-electron chi connectivity index (χ4n) is 8.48. The zero-order valence-corrected chi connectivity index (χ0v) is 42.2. The zero-order valence-electron chi connectivity index (χ0n) is 38.2. The van der Waals surface area contributed by atoms with Crippen LogP contribution in [0.4, 0.5) is 24.5 Å². The number of anilines is 2. The van der Waals surface area contributed by atoms with Crippen LogP contribution in [0.25, 0.3) is 11.1 Å². The molecule has 376 valence electrons. The number of hydrogen-bond donors (Lipinski definition) is 4. The summed E-state index contributed by atoms with van der Waals surface area (Å²) in [6, 6.07) is 32.6. The molecule has 2 aliphatic heterocycles. The molecule has 13 nitrogen and oxygen atoms in total. The number of amides is 2. The lowest BCUT2D eigenvalue weighted by Gasteiger charge is -2.38. The first kappa shape index (κ1) is 54.5. The van der Waals surface area contributed by atoms with Gasteiger partial charge in [0.25, 0.3) is 25.8 Å². The predicted octanol–water partition coefficient (Wildman–Crippen LogP) is 8.43. The minimum Gasteiger partial charge on any atom is -0.380 e. The summed E-state index contributed by atoms with van der Waals surface area (Å²) in [5.41, 5.74) is -2.54. The maximum absolute atomic E-state index is 14.2. The Balaban J connectivity index is 0.00000804. The molecule has 2 fully saturated rings. The fourth-order valence-corrected chi connectivity index (χ4v) is 11.6. The maximum Gasteiger partial charge on any atom is 0.501 e. The predicted molar refractivity (Wildman–Crippen MR) is 271 cm³/mol. The third-order valence-electron chi connectivity index (χ3n) is 12.1. The van der Waals surface area contributed by atoms with Gasteiger partial charge in [0.1, 0.15) is 4.90 Å². The second kappa shape index (κ2) is 24.5. The van der Waals surface area contributed by atoms with E-state index in [1.54, 1.807) is 19.2 Å². The van der Waals surface area contributed by atoms with Crippen LogP contribution in [-0.4, -0.2) is 110 Å². The summed E-state index contributed by atoms with van der Waals surface area (Å²) in [7, 11) is -9.26. The van der Waals surface area contributed by atoms with Crippen LogP contribution in [0.1, 0.15) is 41.2 Å². The Morgan fingerprint density at radius 1 is 0.843 bits per heavy atom. The van der Waals surface area contributed by atoms with E-state index in [-0.39, 0.29) is 42.4 Å². The van der Waals surface area contributed by atoms with Crippen molar-refractivity contribution >= 4 is 78.8 Å². The number of hydrogen-bond acceptors (Lipinski definition) is 12. The van der Waals surface area contributed by atoms with Gasteiger partial charge < -0.3 is 25.6 Å². The van der Waals surface area contributed by atoms with E-state index in [1.807, 2.05) is 83.6 Å². The second-order valence-electron chi connectivity index (χ2n) is 16.8. The van der Waals surface area contributed by atoms with Gasteiger partial charge in [-0.05, 0) is 116 Å². The maximum atomic E-state index is 14.2. The highest BCUT2D eigenvalue weighted by atomic mass is 35.5. The molecule has 70 heavy (non-hydrogen) atoms. The number of nitrogens with one attached hydrogen (secondary N) is 4. The summed E-state index contributed by atoms with van der Waals surface area (Å²) in [6.07, 6.45) is 1.85. The summed E-state index contributed by atoms with van der Waals surface area (Å²) < 4.78 is 103. The van der Waals surface area contributed by atoms with Crippen LogP contribution in [0.2, 0.25) is 5.02 Å². The molecule has 7 rings (SSSR count). The van der Waals surface area contributed by atoms with Crippen molar-refractivity contribution in [1.82, 2.24) is 20.3 Å². The van der Waals surface area contributed by atoms with Crippen LogP contribution < -0.4 is 25.6 Å². The highest BCUT2D eigenvalue weighted by molar-refractivity contribution is 7.99. The minimum absolute atomic E-state index is 0. The number of sulfone groups is 1. The summed E-state index contributed by atoms with van der Waals surface area (Å²) in [6.45, 7) is 4.33. The molecular formula is C49H55Cl2F3N6O7S3. The molecule has 0 saturated carbocycles. The molecule has 2 saturated heterocycles. The van der Waals surface area contributed by atoms with Crippen LogP contribution in [0.5, 0.6) is 0 Å². The molecule has 4 N–H and O–H groups in total. The third kappa shape index (κ3) is 14.0. The number of rotatable bonds is 19. The highest BCUT2D eigenvalue weighted by Gasteiger charge is 2.48. The lowest BCUT2D eigenvalue weighted by atomic mass is 9.82. The van der Waals surface area contributed by atoms with Crippen molar-refractivity contribution in [2.75, 3.05) is 75.5 Å². The molecule has 5 aromatic carbocycles. The number of ether oxygens (including phenoxy) is 1. The molecule has 2 atom stereocenters. The van der Waals surface area contributed by atoms with Crippen molar-refractivity contribution in [3.05, 3.63) is 137 Å². The van der Waals surface area contributed by atoms with Gasteiger partial charge in [-0.25, -0.2) is 21.6 Å². The summed E-state index contributed by atoms with van der Waals surface area (Å²) >= 11 is 7.62. The number of benzene rings is 5. The van der Waals surface area contributed by atoms with Gasteiger partial charge in [0.15, 0.2) is 0 Å². The largest absolute Gasteiger partial charge is 0.501 e. The topological polar surface area (TPSA) is 166 Å². The lowest BCUT2D eigenvalue weighted by Crippen LogP contribution is -2.43. The zero-order chi connectivity index (χ0) is 49.2. The number of thioether (sulfide) groups is 1. The van der Waals surface area contributed by atoms with Crippen LogP contribution in [0.15, 0.2) is 136 Å². The number of halogens is 5. The van der Waals surface area contributed by atoms with E-state index in [0.29, 0.717) is 82.0 Å². The Hall–Kier alpha value is -4.86. The van der Waals surface area contributed by atoms with E-state index in [0.717, 1.165) is 39.4 Å². The van der Waals surface area contributed by atoms with Crippen molar-refractivity contribution in [2.24, 2.45) is 5.92 Å². The van der Waals surface area contributed by atoms with E-state index >= 15 is 0 Å². The first-order chi connectivity index (χ1) is 33.0. The Bertz CT molecular complexity index is 2770. The van der Waals surface area contributed by atoms with Crippen molar-refractivity contribution in [1.29, 1.82) is 0 Å². The number of alkyl halides is 3. The molecule has 2 amide bonds. The Labute approximate surface area is 422 Å². The molecular weight excluding hydrogens is 1010 g/mol. The van der Waals surface area contributed by atoms with Gasteiger partial charge in [-0.3, -0.25) is 14.5 Å². The van der Waals surface area contributed by atoms with Gasteiger partial charge in [-0.2, -0.15) is 13.2 Å². The molecule has 0 radical (unpaired) electrons. The smallest absolute Gasteiger partial charge is 0.380 e. The number of carbonyl (C=O) groups is 2. The molecule has 0 unspecified atom stereocenters. The van der Waals surface area contributed by atoms with Crippen LogP contribution in [-0.2, 0) is 29.4 Å². The Kier molecular flexibility index (Phi) is 19.1. The highest BCUT2D eigenvalue weighted by Crippen LogP contribution is 2.39.